The molecule has 5 heteroatoms. The van der Waals surface area contributed by atoms with Crippen molar-refractivity contribution in [3.63, 3.8) is 0 Å². The number of hydrogen-bond donors (Lipinski definition) is 2. The Hall–Kier alpha value is -0.910. The summed E-state index contributed by atoms with van der Waals surface area (Å²) in [6, 6.07) is 6.87. The van der Waals surface area contributed by atoms with E-state index in [1.54, 1.807) is 24.3 Å². The highest BCUT2D eigenvalue weighted by atomic mass is 32.2. The van der Waals surface area contributed by atoms with Gasteiger partial charge in [0.1, 0.15) is 0 Å². The van der Waals surface area contributed by atoms with E-state index in [1.807, 2.05) is 13.8 Å². The average molecular weight is 254 g/mol. The van der Waals surface area contributed by atoms with E-state index >= 15 is 0 Å². The molecule has 0 bridgehead atoms. The van der Waals surface area contributed by atoms with Crippen molar-refractivity contribution in [1.82, 2.24) is 4.72 Å². The molecule has 2 rings (SSSR count). The molecule has 1 aliphatic carbocycles. The fraction of sp³-hybridized carbons (Fsp3) is 0.500. The molecule has 4 nitrogen and oxygen atoms in total. The maximum Gasteiger partial charge on any atom is 0.240 e. The summed E-state index contributed by atoms with van der Waals surface area (Å²) in [4.78, 5) is 0.303. The third-order valence-electron chi connectivity index (χ3n) is 2.81. The summed E-state index contributed by atoms with van der Waals surface area (Å²) in [7, 11) is -3.35. The molecular weight excluding hydrogens is 236 g/mol. The number of nitrogens with one attached hydrogen (secondary N) is 1. The Morgan fingerprint density at radius 3 is 2.18 bits per heavy atom. The van der Waals surface area contributed by atoms with Gasteiger partial charge in [0.15, 0.2) is 0 Å². The Kier molecular flexibility index (Phi) is 3.01. The van der Waals surface area contributed by atoms with Gasteiger partial charge in [-0.15, -0.1) is 0 Å². The SMILES string of the molecule is CC(C)(N)c1ccc(S(=O)(=O)NC2CC2)cc1. The minimum absolute atomic E-state index is 0.130. The van der Waals surface area contributed by atoms with Gasteiger partial charge in [-0.05, 0) is 44.4 Å². The fourth-order valence-electron chi connectivity index (χ4n) is 1.55. The topological polar surface area (TPSA) is 72.2 Å². The van der Waals surface area contributed by atoms with Gasteiger partial charge in [0.05, 0.1) is 4.90 Å². The van der Waals surface area contributed by atoms with Crippen LogP contribution in [0.5, 0.6) is 0 Å². The number of rotatable bonds is 4. The van der Waals surface area contributed by atoms with Crippen LogP contribution in [0.25, 0.3) is 0 Å². The van der Waals surface area contributed by atoms with E-state index in [-0.39, 0.29) is 6.04 Å². The number of sulfonamides is 1. The molecule has 0 aliphatic heterocycles. The van der Waals surface area contributed by atoms with Crippen LogP contribution in [-0.4, -0.2) is 14.5 Å². The zero-order valence-electron chi connectivity index (χ0n) is 10.1. The summed E-state index contributed by atoms with van der Waals surface area (Å²) in [6.07, 6.45) is 1.88. The van der Waals surface area contributed by atoms with Gasteiger partial charge in [-0.1, -0.05) is 12.1 Å². The lowest BCUT2D eigenvalue weighted by molar-refractivity contribution is 0.553. The summed E-state index contributed by atoms with van der Waals surface area (Å²) in [5.74, 6) is 0. The van der Waals surface area contributed by atoms with Crippen molar-refractivity contribution >= 4 is 10.0 Å². The lowest BCUT2D eigenvalue weighted by Gasteiger charge is -2.19. The highest BCUT2D eigenvalue weighted by molar-refractivity contribution is 7.89. The quantitative estimate of drug-likeness (QED) is 0.851. The van der Waals surface area contributed by atoms with Gasteiger partial charge in [0.25, 0.3) is 0 Å². The first-order valence-corrected chi connectivity index (χ1v) is 7.19. The van der Waals surface area contributed by atoms with Gasteiger partial charge in [-0.25, -0.2) is 13.1 Å². The third kappa shape index (κ3) is 3.06. The van der Waals surface area contributed by atoms with E-state index in [9.17, 15) is 8.42 Å². The number of benzene rings is 1. The van der Waals surface area contributed by atoms with Crippen molar-refractivity contribution in [1.29, 1.82) is 0 Å². The zero-order valence-corrected chi connectivity index (χ0v) is 10.9. The summed E-state index contributed by atoms with van der Waals surface area (Å²) in [6.45, 7) is 3.78. The van der Waals surface area contributed by atoms with Crippen molar-refractivity contribution in [3.8, 4) is 0 Å². The number of hydrogen-bond acceptors (Lipinski definition) is 3. The van der Waals surface area contributed by atoms with Crippen molar-refractivity contribution < 1.29 is 8.42 Å². The Balaban J connectivity index is 2.22. The van der Waals surface area contributed by atoms with Crippen LogP contribution in [0.2, 0.25) is 0 Å². The van der Waals surface area contributed by atoms with Crippen LogP contribution < -0.4 is 10.5 Å². The maximum absolute atomic E-state index is 11.9. The van der Waals surface area contributed by atoms with Gasteiger partial charge in [0.2, 0.25) is 10.0 Å². The Morgan fingerprint density at radius 2 is 1.76 bits per heavy atom. The molecule has 94 valence electrons. The zero-order chi connectivity index (χ0) is 12.7. The second-order valence-electron chi connectivity index (χ2n) is 5.14. The van der Waals surface area contributed by atoms with E-state index in [1.165, 1.54) is 0 Å². The summed E-state index contributed by atoms with van der Waals surface area (Å²) < 4.78 is 26.4. The van der Waals surface area contributed by atoms with Crippen molar-refractivity contribution in [2.24, 2.45) is 5.73 Å². The van der Waals surface area contributed by atoms with Crippen LogP contribution >= 0.6 is 0 Å². The summed E-state index contributed by atoms with van der Waals surface area (Å²) in [5.41, 5.74) is 6.41. The van der Waals surface area contributed by atoms with E-state index in [2.05, 4.69) is 4.72 Å². The first-order chi connectivity index (χ1) is 7.79. The molecule has 0 amide bonds. The first kappa shape index (κ1) is 12.5. The molecule has 1 fully saturated rings. The molecule has 0 spiro atoms. The molecule has 1 saturated carbocycles. The average Bonchev–Trinajstić information content (AvgIpc) is 3.00. The van der Waals surface area contributed by atoms with Gasteiger partial charge < -0.3 is 5.73 Å². The van der Waals surface area contributed by atoms with Crippen molar-refractivity contribution in [2.75, 3.05) is 0 Å². The van der Waals surface area contributed by atoms with Gasteiger partial charge >= 0.3 is 0 Å². The molecule has 1 aromatic rings. The molecule has 0 heterocycles. The molecule has 1 aliphatic rings. The number of nitrogens with two attached hydrogens (primary N) is 1. The second-order valence-corrected chi connectivity index (χ2v) is 6.86. The van der Waals surface area contributed by atoms with E-state index in [0.29, 0.717) is 4.90 Å². The van der Waals surface area contributed by atoms with Gasteiger partial charge in [-0.3, -0.25) is 0 Å². The maximum atomic E-state index is 11.9. The van der Waals surface area contributed by atoms with E-state index in [0.717, 1.165) is 18.4 Å². The van der Waals surface area contributed by atoms with Crippen molar-refractivity contribution in [2.45, 2.75) is 43.2 Å². The molecular formula is C12H18N2O2S. The lowest BCUT2D eigenvalue weighted by Crippen LogP contribution is -2.29. The minimum atomic E-state index is -3.35. The Bertz CT molecular complexity index is 496. The molecule has 0 radical (unpaired) electrons. The molecule has 1 aromatic carbocycles. The Labute approximate surface area is 102 Å². The minimum Gasteiger partial charge on any atom is -0.322 e. The summed E-state index contributed by atoms with van der Waals surface area (Å²) in [5, 5.41) is 0. The monoisotopic (exact) mass is 254 g/mol. The summed E-state index contributed by atoms with van der Waals surface area (Å²) >= 11 is 0. The fourth-order valence-corrected chi connectivity index (χ4v) is 2.86. The molecule has 0 atom stereocenters. The standard InChI is InChI=1S/C12H18N2O2S/c1-12(2,13)9-3-7-11(8-4-9)17(15,16)14-10-5-6-10/h3-4,7-8,10,14H,5-6,13H2,1-2H3. The van der Waals surface area contributed by atoms with Crippen LogP contribution in [-0.2, 0) is 15.6 Å². The van der Waals surface area contributed by atoms with Crippen LogP contribution in [0, 0.1) is 0 Å². The highest BCUT2D eigenvalue weighted by Gasteiger charge is 2.28. The lowest BCUT2D eigenvalue weighted by atomic mass is 9.96. The van der Waals surface area contributed by atoms with Crippen LogP contribution in [0.3, 0.4) is 0 Å². The van der Waals surface area contributed by atoms with E-state index < -0.39 is 15.6 Å². The van der Waals surface area contributed by atoms with Gasteiger partial charge in [-0.2, -0.15) is 0 Å². The third-order valence-corrected chi connectivity index (χ3v) is 4.34. The van der Waals surface area contributed by atoms with Crippen LogP contribution in [0.4, 0.5) is 0 Å². The molecule has 3 N–H and O–H groups in total. The van der Waals surface area contributed by atoms with Gasteiger partial charge in [0, 0.05) is 11.6 Å². The largest absolute Gasteiger partial charge is 0.322 e. The van der Waals surface area contributed by atoms with Crippen LogP contribution in [0.15, 0.2) is 29.2 Å². The normalized spacial score (nSPS) is 17.1. The van der Waals surface area contributed by atoms with Crippen LogP contribution in [0.1, 0.15) is 32.3 Å². The molecule has 17 heavy (non-hydrogen) atoms. The molecule has 0 saturated heterocycles. The predicted octanol–water partition coefficient (Wildman–Crippen LogP) is 1.32. The highest BCUT2D eigenvalue weighted by Crippen LogP contribution is 2.23. The van der Waals surface area contributed by atoms with Crippen molar-refractivity contribution in [3.05, 3.63) is 29.8 Å². The van der Waals surface area contributed by atoms with E-state index in [4.69, 9.17) is 5.73 Å². The molecule has 0 unspecified atom stereocenters. The smallest absolute Gasteiger partial charge is 0.240 e. The second kappa shape index (κ2) is 4.08. The molecule has 0 aromatic heterocycles. The first-order valence-electron chi connectivity index (χ1n) is 5.71. The Morgan fingerprint density at radius 1 is 1.24 bits per heavy atom. The predicted molar refractivity (Wildman–Crippen MR) is 67.0 cm³/mol.